The van der Waals surface area contributed by atoms with Gasteiger partial charge in [-0.25, -0.2) is 4.79 Å². The molecule has 0 saturated carbocycles. The molecule has 33 heavy (non-hydrogen) atoms. The van der Waals surface area contributed by atoms with E-state index in [1.807, 2.05) is 50.2 Å². The molecular formula is C26H25ClN2O3S. The number of likely N-dealkylation sites (tertiary alicyclic amines) is 1. The Morgan fingerprint density at radius 2 is 1.79 bits per heavy atom. The van der Waals surface area contributed by atoms with Crippen molar-refractivity contribution in [2.45, 2.75) is 37.6 Å². The van der Waals surface area contributed by atoms with E-state index in [0.717, 1.165) is 37.9 Å². The number of carboxylic acids is 1. The third kappa shape index (κ3) is 5.18. The van der Waals surface area contributed by atoms with Gasteiger partial charge in [-0.2, -0.15) is 0 Å². The second kappa shape index (κ2) is 9.89. The fourth-order valence-corrected chi connectivity index (χ4v) is 5.01. The number of nitrogens with one attached hydrogen (secondary N) is 1. The lowest BCUT2D eigenvalue weighted by molar-refractivity contribution is -0.141. The largest absolute Gasteiger partial charge is 0.480 e. The summed E-state index contributed by atoms with van der Waals surface area (Å²) in [5.41, 5.74) is 5.63. The third-order valence-corrected chi connectivity index (χ3v) is 7.27. The third-order valence-electron chi connectivity index (χ3n) is 5.86. The molecule has 5 nitrogen and oxygen atoms in total. The normalized spacial score (nSPS) is 15.5. The molecule has 2 N–H and O–H groups in total. The average Bonchev–Trinajstić information content (AvgIpc) is 3.31. The van der Waals surface area contributed by atoms with Crippen molar-refractivity contribution in [3.05, 3.63) is 82.4 Å². The van der Waals surface area contributed by atoms with Gasteiger partial charge >= 0.3 is 5.97 Å². The zero-order valence-electron chi connectivity index (χ0n) is 18.5. The molecule has 1 atom stereocenters. The highest BCUT2D eigenvalue weighted by atomic mass is 35.5. The molecule has 1 aliphatic heterocycles. The van der Waals surface area contributed by atoms with E-state index in [9.17, 15) is 14.7 Å². The number of benzene rings is 3. The van der Waals surface area contributed by atoms with Gasteiger partial charge in [0.25, 0.3) is 5.91 Å². The van der Waals surface area contributed by atoms with Gasteiger partial charge in [0.15, 0.2) is 0 Å². The quantitative estimate of drug-likeness (QED) is 0.398. The summed E-state index contributed by atoms with van der Waals surface area (Å²) in [6.45, 7) is 4.51. The van der Waals surface area contributed by atoms with Crippen molar-refractivity contribution in [1.82, 2.24) is 4.90 Å². The van der Waals surface area contributed by atoms with E-state index in [-0.39, 0.29) is 5.91 Å². The second-order valence-electron chi connectivity index (χ2n) is 8.22. The average molecular weight is 481 g/mol. The van der Waals surface area contributed by atoms with Gasteiger partial charge in [-0.15, -0.1) is 0 Å². The van der Waals surface area contributed by atoms with Crippen LogP contribution in [0.15, 0.2) is 65.6 Å². The number of carbonyl (C=O) groups is 2. The van der Waals surface area contributed by atoms with Gasteiger partial charge in [0, 0.05) is 27.7 Å². The first-order valence-electron chi connectivity index (χ1n) is 10.8. The van der Waals surface area contributed by atoms with Crippen LogP contribution in [0.1, 0.15) is 34.3 Å². The monoisotopic (exact) mass is 480 g/mol. The van der Waals surface area contributed by atoms with Crippen molar-refractivity contribution in [1.29, 1.82) is 0 Å². The summed E-state index contributed by atoms with van der Waals surface area (Å²) in [5, 5.41) is 10.1. The Balaban J connectivity index is 1.47. The zero-order valence-corrected chi connectivity index (χ0v) is 20.0. The molecule has 1 fully saturated rings. The van der Waals surface area contributed by atoms with Gasteiger partial charge in [-0.05, 0) is 97.3 Å². The maximum absolute atomic E-state index is 12.8. The predicted octanol–water partition coefficient (Wildman–Crippen LogP) is 6.43. The molecule has 0 radical (unpaired) electrons. The van der Waals surface area contributed by atoms with Gasteiger partial charge in [0.1, 0.15) is 6.04 Å². The van der Waals surface area contributed by atoms with Crippen LogP contribution < -0.4 is 4.72 Å². The van der Waals surface area contributed by atoms with Crippen LogP contribution in [0.3, 0.4) is 0 Å². The Morgan fingerprint density at radius 1 is 1.03 bits per heavy atom. The van der Waals surface area contributed by atoms with Crippen molar-refractivity contribution < 1.29 is 14.7 Å². The van der Waals surface area contributed by atoms with Crippen molar-refractivity contribution in [2.75, 3.05) is 11.3 Å². The van der Waals surface area contributed by atoms with Gasteiger partial charge < -0.3 is 14.7 Å². The van der Waals surface area contributed by atoms with Crippen LogP contribution in [-0.2, 0) is 4.79 Å². The first-order chi connectivity index (χ1) is 15.8. The Bertz CT molecular complexity index is 1200. The number of nitrogens with zero attached hydrogens (tertiary/aromatic N) is 1. The summed E-state index contributed by atoms with van der Waals surface area (Å²) in [5.74, 6) is -1.17. The first kappa shape index (κ1) is 23.2. The number of carbonyl (C=O) groups excluding carboxylic acids is 1. The molecule has 3 aromatic carbocycles. The molecule has 0 bridgehead atoms. The Labute approximate surface area is 202 Å². The minimum absolute atomic E-state index is 0.230. The summed E-state index contributed by atoms with van der Waals surface area (Å²) >= 11 is 7.74. The van der Waals surface area contributed by atoms with Gasteiger partial charge in [0.05, 0.1) is 0 Å². The van der Waals surface area contributed by atoms with Crippen LogP contribution in [-0.4, -0.2) is 34.5 Å². The number of halogens is 1. The smallest absolute Gasteiger partial charge is 0.326 e. The summed E-state index contributed by atoms with van der Waals surface area (Å²) < 4.78 is 3.40. The fourth-order valence-electron chi connectivity index (χ4n) is 3.98. The molecule has 1 heterocycles. The lowest BCUT2D eigenvalue weighted by Crippen LogP contribution is -2.40. The molecule has 0 aromatic heterocycles. The number of amides is 1. The van der Waals surface area contributed by atoms with E-state index in [1.54, 1.807) is 24.1 Å². The van der Waals surface area contributed by atoms with Crippen molar-refractivity contribution in [3.63, 3.8) is 0 Å². The van der Waals surface area contributed by atoms with Gasteiger partial charge in [-0.3, -0.25) is 4.79 Å². The molecule has 4 rings (SSSR count). The summed E-state index contributed by atoms with van der Waals surface area (Å²) in [4.78, 5) is 26.8. The Hall–Kier alpha value is -2.96. The summed E-state index contributed by atoms with van der Waals surface area (Å²) in [7, 11) is 0. The fraction of sp³-hybridized carbons (Fsp3) is 0.231. The van der Waals surface area contributed by atoms with Crippen LogP contribution in [0.5, 0.6) is 0 Å². The molecule has 0 spiro atoms. The molecular weight excluding hydrogens is 456 g/mol. The van der Waals surface area contributed by atoms with Crippen LogP contribution in [0.2, 0.25) is 5.02 Å². The van der Waals surface area contributed by atoms with Gasteiger partial charge in [0.2, 0.25) is 0 Å². The SMILES string of the molecule is Cc1cc(SNc2cccc(-c3ccc(C(=O)N4CCC[C@H]4C(=O)O)cc3)c2)c(C)cc1Cl. The van der Waals surface area contributed by atoms with Crippen molar-refractivity contribution >= 4 is 41.1 Å². The number of aryl methyl sites for hydroxylation is 2. The van der Waals surface area contributed by atoms with E-state index < -0.39 is 12.0 Å². The highest BCUT2D eigenvalue weighted by Crippen LogP contribution is 2.31. The van der Waals surface area contributed by atoms with E-state index >= 15 is 0 Å². The van der Waals surface area contributed by atoms with E-state index in [4.69, 9.17) is 11.6 Å². The lowest BCUT2D eigenvalue weighted by atomic mass is 10.0. The number of hydrogen-bond acceptors (Lipinski definition) is 4. The molecule has 1 aliphatic rings. The van der Waals surface area contributed by atoms with E-state index in [1.165, 1.54) is 4.90 Å². The number of carboxylic acid groups (broad SMARTS) is 1. The van der Waals surface area contributed by atoms with Crippen molar-refractivity contribution in [3.8, 4) is 11.1 Å². The Morgan fingerprint density at radius 3 is 2.52 bits per heavy atom. The van der Waals surface area contributed by atoms with E-state index in [2.05, 4.69) is 16.9 Å². The number of aliphatic carboxylic acids is 1. The van der Waals surface area contributed by atoms with Crippen LogP contribution in [0.4, 0.5) is 5.69 Å². The molecule has 3 aromatic rings. The second-order valence-corrected chi connectivity index (χ2v) is 9.48. The molecule has 170 valence electrons. The molecule has 1 amide bonds. The van der Waals surface area contributed by atoms with Crippen LogP contribution in [0, 0.1) is 13.8 Å². The highest BCUT2D eigenvalue weighted by Gasteiger charge is 2.34. The van der Waals surface area contributed by atoms with E-state index in [0.29, 0.717) is 24.9 Å². The topological polar surface area (TPSA) is 69.6 Å². The molecule has 7 heteroatoms. The maximum atomic E-state index is 12.8. The minimum atomic E-state index is -0.941. The molecule has 1 saturated heterocycles. The van der Waals surface area contributed by atoms with Crippen LogP contribution >= 0.6 is 23.5 Å². The summed E-state index contributed by atoms with van der Waals surface area (Å²) in [6.07, 6.45) is 1.22. The molecule has 0 unspecified atom stereocenters. The minimum Gasteiger partial charge on any atom is -0.480 e. The lowest BCUT2D eigenvalue weighted by Gasteiger charge is -2.21. The predicted molar refractivity (Wildman–Crippen MR) is 134 cm³/mol. The maximum Gasteiger partial charge on any atom is 0.326 e. The number of anilines is 1. The highest BCUT2D eigenvalue weighted by molar-refractivity contribution is 8.00. The Kier molecular flexibility index (Phi) is 6.96. The standard InChI is InChI=1S/C26H25ClN2O3S/c1-16-14-24(17(2)13-22(16)27)33-28-21-6-3-5-20(15-21)18-8-10-19(11-9-18)25(30)29-12-4-7-23(29)26(31)32/h3,5-6,8-11,13-15,23,28H,4,7,12H2,1-2H3,(H,31,32)/t23-/m0/s1. The zero-order chi connectivity index (χ0) is 23.5. The van der Waals surface area contributed by atoms with Crippen molar-refractivity contribution in [2.24, 2.45) is 0 Å². The molecule has 0 aliphatic carbocycles. The summed E-state index contributed by atoms with van der Waals surface area (Å²) in [6, 6.07) is 18.7. The van der Waals surface area contributed by atoms with Gasteiger partial charge in [-0.1, -0.05) is 35.9 Å². The number of hydrogen-bond donors (Lipinski definition) is 2. The number of rotatable bonds is 6. The van der Waals surface area contributed by atoms with Crippen LogP contribution in [0.25, 0.3) is 11.1 Å². The first-order valence-corrected chi connectivity index (χ1v) is 12.0.